The summed E-state index contributed by atoms with van der Waals surface area (Å²) >= 11 is -0.826. The third kappa shape index (κ3) is 11.2. The first-order valence-corrected chi connectivity index (χ1v) is 25.4. The Labute approximate surface area is 316 Å². The quantitative estimate of drug-likeness (QED) is 0.236. The number of allylic oxidation sites excluding steroid dienone is 16. The summed E-state index contributed by atoms with van der Waals surface area (Å²) in [7, 11) is 9.87. The van der Waals surface area contributed by atoms with Crippen molar-refractivity contribution >= 4 is 17.0 Å². The van der Waals surface area contributed by atoms with Gasteiger partial charge in [0, 0.05) is 0 Å². The van der Waals surface area contributed by atoms with Crippen LogP contribution in [0.15, 0.2) is 97.2 Å². The minimum absolute atomic E-state index is 0. The van der Waals surface area contributed by atoms with Gasteiger partial charge in [-0.05, 0) is 148 Å². The number of fused-ring (bicyclic) bond motifs is 4. The molecule has 0 aliphatic heterocycles. The normalized spacial score (nSPS) is 37.9. The first-order chi connectivity index (χ1) is 22.7. The summed E-state index contributed by atoms with van der Waals surface area (Å²) in [6.07, 6.45) is 56.5. The van der Waals surface area contributed by atoms with Crippen molar-refractivity contribution in [3.8, 4) is 0 Å². The predicted molar refractivity (Wildman–Crippen MR) is 211 cm³/mol. The van der Waals surface area contributed by atoms with E-state index in [9.17, 15) is 0 Å². The van der Waals surface area contributed by atoms with E-state index in [0.717, 1.165) is 71.0 Å². The summed E-state index contributed by atoms with van der Waals surface area (Å²) in [5.74, 6) is 10.7. The average Bonchev–Trinajstić information content (AvgIpc) is 3.89. The molecular weight excluding hydrogens is 703 g/mol. The molecule has 0 N–H and O–H groups in total. The Hall–Kier alpha value is -0.617. The van der Waals surface area contributed by atoms with Crippen molar-refractivity contribution in [3.05, 3.63) is 112 Å². The summed E-state index contributed by atoms with van der Waals surface area (Å²) in [4.78, 5) is 0. The standard InChI is InChI=1S/2C20H26.C3H8.2CH3.2ClH.Zr/c2*1-3-7-19-15(5-1)9-11-17(19)13-14-18-12-10-16-6-2-4-8-20(16)18;1-3-2;;;;;/h2*1-8,15-20H,9-14H2;3H2,1-2H3;2*1H3;2*1H;/q;;;2*-1;;;+4/p-2. The molecule has 4 saturated carbocycles. The van der Waals surface area contributed by atoms with Gasteiger partial charge in [0.25, 0.3) is 0 Å². The van der Waals surface area contributed by atoms with E-state index >= 15 is 0 Å². The first kappa shape index (κ1) is 41.8. The molecule has 0 amide bonds. The Morgan fingerprint density at radius 3 is 0.792 bits per heavy atom. The molecule has 0 aromatic heterocycles. The fourth-order valence-electron chi connectivity index (χ4n) is 10.5. The van der Waals surface area contributed by atoms with Crippen molar-refractivity contribution in [2.75, 3.05) is 0 Å². The molecule has 4 fully saturated rings. The van der Waals surface area contributed by atoms with Gasteiger partial charge in [-0.1, -0.05) is 117 Å². The van der Waals surface area contributed by atoms with E-state index in [1.807, 2.05) is 0 Å². The van der Waals surface area contributed by atoms with Gasteiger partial charge in [0.05, 0.1) is 0 Å². The van der Waals surface area contributed by atoms with E-state index in [1.54, 1.807) is 0 Å². The molecule has 8 aliphatic carbocycles. The maximum absolute atomic E-state index is 4.93. The van der Waals surface area contributed by atoms with Gasteiger partial charge in [0.15, 0.2) is 0 Å². The Morgan fingerprint density at radius 1 is 0.396 bits per heavy atom. The SMILES string of the molecule is C1=CC2CCC(CCC3CCC4C=CC=CC43)C2C=C1.C1=CC2CCC(CCC3CCC4C=CC=CC43)C2C=C1.CCC.[CH3-].[CH3-].[Cl][Zr+2][Cl]. The molecule has 0 aromatic carbocycles. The van der Waals surface area contributed by atoms with Gasteiger partial charge in [0.2, 0.25) is 0 Å². The fourth-order valence-corrected chi connectivity index (χ4v) is 10.5. The summed E-state index contributed by atoms with van der Waals surface area (Å²) in [5.41, 5.74) is 0. The molecule has 264 valence electrons. The van der Waals surface area contributed by atoms with Gasteiger partial charge in [-0.15, -0.1) is 0 Å². The zero-order valence-electron chi connectivity index (χ0n) is 30.6. The van der Waals surface area contributed by atoms with Gasteiger partial charge >= 0.3 is 37.9 Å². The topological polar surface area (TPSA) is 0 Å². The molecule has 3 heteroatoms. The van der Waals surface area contributed by atoms with Gasteiger partial charge < -0.3 is 14.9 Å². The van der Waals surface area contributed by atoms with Crippen LogP contribution >= 0.6 is 17.0 Å². The van der Waals surface area contributed by atoms with Crippen LogP contribution < -0.4 is 0 Å². The van der Waals surface area contributed by atoms with Crippen LogP contribution in [0.1, 0.15) is 97.3 Å². The minimum atomic E-state index is -0.826. The monoisotopic (exact) mass is 766 g/mol. The molecule has 8 aliphatic rings. The first-order valence-electron chi connectivity index (χ1n) is 19.0. The zero-order chi connectivity index (χ0) is 32.1. The second kappa shape index (κ2) is 22.3. The van der Waals surface area contributed by atoms with E-state index in [-0.39, 0.29) is 14.9 Å². The van der Waals surface area contributed by atoms with Crippen LogP contribution in [0.2, 0.25) is 0 Å². The van der Waals surface area contributed by atoms with E-state index in [0.29, 0.717) is 0 Å². The molecule has 0 heterocycles. The van der Waals surface area contributed by atoms with E-state index in [2.05, 4.69) is 111 Å². The fraction of sp³-hybridized carbons (Fsp3) is 0.600. The van der Waals surface area contributed by atoms with Crippen LogP contribution in [0.5, 0.6) is 0 Å². The van der Waals surface area contributed by atoms with Crippen LogP contribution in [0.3, 0.4) is 0 Å². The molecule has 48 heavy (non-hydrogen) atoms. The Kier molecular flexibility index (Phi) is 19.5. The van der Waals surface area contributed by atoms with Crippen molar-refractivity contribution in [1.29, 1.82) is 0 Å². The van der Waals surface area contributed by atoms with E-state index in [1.165, 1.54) is 83.5 Å². The van der Waals surface area contributed by atoms with Gasteiger partial charge in [-0.2, -0.15) is 0 Å². The number of hydrogen-bond acceptors (Lipinski definition) is 0. The zero-order valence-corrected chi connectivity index (χ0v) is 34.6. The summed E-state index contributed by atoms with van der Waals surface area (Å²) in [6, 6.07) is 0. The molecule has 0 saturated heterocycles. The predicted octanol–water partition coefficient (Wildman–Crippen LogP) is 14.3. The third-order valence-electron chi connectivity index (χ3n) is 12.7. The summed E-state index contributed by atoms with van der Waals surface area (Å²) < 4.78 is 0. The second-order valence-corrected chi connectivity index (χ2v) is 19.1. The molecule has 0 bridgehead atoms. The van der Waals surface area contributed by atoms with Crippen molar-refractivity contribution in [1.82, 2.24) is 0 Å². The van der Waals surface area contributed by atoms with Crippen molar-refractivity contribution in [3.63, 3.8) is 0 Å². The van der Waals surface area contributed by atoms with Crippen molar-refractivity contribution < 1.29 is 20.8 Å². The van der Waals surface area contributed by atoms with Gasteiger partial charge in [-0.25, -0.2) is 0 Å². The third-order valence-corrected chi connectivity index (χ3v) is 12.7. The van der Waals surface area contributed by atoms with E-state index in [4.69, 9.17) is 17.0 Å². The van der Waals surface area contributed by atoms with Crippen molar-refractivity contribution in [2.24, 2.45) is 71.0 Å². The van der Waals surface area contributed by atoms with Gasteiger partial charge in [-0.3, -0.25) is 0 Å². The molecule has 8 rings (SSSR count). The van der Waals surface area contributed by atoms with E-state index < -0.39 is 20.8 Å². The molecule has 0 spiro atoms. The van der Waals surface area contributed by atoms with Crippen LogP contribution in [0.25, 0.3) is 0 Å². The van der Waals surface area contributed by atoms with Crippen LogP contribution in [0.4, 0.5) is 0 Å². The summed E-state index contributed by atoms with van der Waals surface area (Å²) in [5, 5.41) is 0. The van der Waals surface area contributed by atoms with Crippen LogP contribution in [0, 0.1) is 85.9 Å². The Balaban J connectivity index is 0.000000216. The van der Waals surface area contributed by atoms with Crippen molar-refractivity contribution in [2.45, 2.75) is 97.3 Å². The maximum atomic E-state index is 4.93. The number of rotatable bonds is 6. The molecule has 0 nitrogen and oxygen atoms in total. The molecule has 0 radical (unpaired) electrons. The second-order valence-electron chi connectivity index (χ2n) is 15.3. The van der Waals surface area contributed by atoms with Crippen LogP contribution in [-0.4, -0.2) is 0 Å². The molecule has 12 unspecified atom stereocenters. The number of halogens is 2. The average molecular weight is 769 g/mol. The van der Waals surface area contributed by atoms with Crippen LogP contribution in [-0.2, 0) is 20.8 Å². The summed E-state index contributed by atoms with van der Waals surface area (Å²) in [6.45, 7) is 4.25. The Bertz CT molecular complexity index is 977. The van der Waals surface area contributed by atoms with Gasteiger partial charge in [0.1, 0.15) is 0 Å². The number of hydrogen-bond donors (Lipinski definition) is 0. The molecule has 0 aromatic rings. The molecule has 12 atom stereocenters. The Morgan fingerprint density at radius 2 is 0.583 bits per heavy atom. The molecular formula is C45H66Cl2Zr.